The third-order valence-corrected chi connectivity index (χ3v) is 5.05. The molecule has 7 heteroatoms. The Balaban J connectivity index is 1.80. The topological polar surface area (TPSA) is 56.0 Å². The molecule has 0 aliphatic heterocycles. The van der Waals surface area contributed by atoms with Crippen LogP contribution in [0.1, 0.15) is 5.56 Å². The molecule has 4 nitrogen and oxygen atoms in total. The number of hydrogen-bond donors (Lipinski definition) is 0. The molecule has 2 aromatic carbocycles. The van der Waals surface area contributed by atoms with Crippen LogP contribution < -0.4 is 0 Å². The Morgan fingerprint density at radius 2 is 2.14 bits per heavy atom. The largest absolute Gasteiger partial charge is 0.270 e. The van der Waals surface area contributed by atoms with Crippen molar-refractivity contribution in [2.24, 2.45) is 0 Å². The molecule has 1 aromatic heterocycles. The number of thioether (sulfide) groups is 1. The Kier molecular flexibility index (Phi) is 3.85. The van der Waals surface area contributed by atoms with Gasteiger partial charge in [0.1, 0.15) is 5.82 Å². The number of nitro groups is 1. The van der Waals surface area contributed by atoms with E-state index in [1.165, 1.54) is 47.4 Å². The highest BCUT2D eigenvalue weighted by Crippen LogP contribution is 2.33. The van der Waals surface area contributed by atoms with Gasteiger partial charge in [0.2, 0.25) is 0 Å². The zero-order valence-electron chi connectivity index (χ0n) is 10.7. The molecule has 3 rings (SSSR count). The lowest BCUT2D eigenvalue weighted by atomic mass is 10.2. The summed E-state index contributed by atoms with van der Waals surface area (Å²) in [5.41, 5.74) is 1.69. The number of benzene rings is 2. The van der Waals surface area contributed by atoms with Crippen molar-refractivity contribution in [3.05, 3.63) is 64.0 Å². The summed E-state index contributed by atoms with van der Waals surface area (Å²) in [4.78, 5) is 14.7. The number of non-ortho nitro benzene ring substituents is 1. The first-order valence-electron chi connectivity index (χ1n) is 6.04. The Labute approximate surface area is 127 Å². The van der Waals surface area contributed by atoms with Gasteiger partial charge in [0.15, 0.2) is 4.34 Å². The predicted molar refractivity (Wildman–Crippen MR) is 82.2 cm³/mol. The van der Waals surface area contributed by atoms with E-state index in [2.05, 4.69) is 4.98 Å². The zero-order valence-corrected chi connectivity index (χ0v) is 12.3. The fourth-order valence-electron chi connectivity index (χ4n) is 1.84. The summed E-state index contributed by atoms with van der Waals surface area (Å²) in [5, 5.41) is 10.7. The second-order valence-electron chi connectivity index (χ2n) is 4.31. The summed E-state index contributed by atoms with van der Waals surface area (Å²) < 4.78 is 14.7. The number of rotatable bonds is 4. The monoisotopic (exact) mass is 320 g/mol. The van der Waals surface area contributed by atoms with Crippen molar-refractivity contribution in [3.63, 3.8) is 0 Å². The van der Waals surface area contributed by atoms with Crippen LogP contribution in [0.2, 0.25) is 0 Å². The second kappa shape index (κ2) is 5.79. The fraction of sp³-hybridized carbons (Fsp3) is 0.0714. The highest BCUT2D eigenvalue weighted by atomic mass is 32.2. The van der Waals surface area contributed by atoms with E-state index in [1.807, 2.05) is 6.07 Å². The molecule has 3 aromatic rings. The van der Waals surface area contributed by atoms with Crippen LogP contribution in [0.5, 0.6) is 0 Å². The van der Waals surface area contributed by atoms with Crippen molar-refractivity contribution >= 4 is 39.0 Å². The summed E-state index contributed by atoms with van der Waals surface area (Å²) in [7, 11) is 0. The summed E-state index contributed by atoms with van der Waals surface area (Å²) >= 11 is 2.90. The van der Waals surface area contributed by atoms with Gasteiger partial charge in [0.05, 0.1) is 15.1 Å². The van der Waals surface area contributed by atoms with Crippen molar-refractivity contribution in [2.75, 3.05) is 0 Å². The highest BCUT2D eigenvalue weighted by molar-refractivity contribution is 8.00. The summed E-state index contributed by atoms with van der Waals surface area (Å²) in [6, 6.07) is 11.1. The molecule has 0 fully saturated rings. The van der Waals surface area contributed by atoms with Gasteiger partial charge in [-0.05, 0) is 23.8 Å². The van der Waals surface area contributed by atoms with Gasteiger partial charge in [-0.1, -0.05) is 23.9 Å². The number of nitrogens with zero attached hydrogens (tertiary/aromatic N) is 2. The number of aromatic nitrogens is 1. The predicted octanol–water partition coefficient (Wildman–Crippen LogP) is 4.64. The van der Waals surface area contributed by atoms with Gasteiger partial charge in [0.25, 0.3) is 5.69 Å². The smallest absolute Gasteiger partial charge is 0.258 e. The van der Waals surface area contributed by atoms with Crippen LogP contribution in [0.3, 0.4) is 0 Å². The lowest BCUT2D eigenvalue weighted by molar-refractivity contribution is -0.384. The van der Waals surface area contributed by atoms with E-state index in [9.17, 15) is 14.5 Å². The molecule has 106 valence electrons. The fourth-order valence-corrected chi connectivity index (χ4v) is 3.88. The molecule has 21 heavy (non-hydrogen) atoms. The molecule has 0 amide bonds. The quantitative estimate of drug-likeness (QED) is 0.399. The van der Waals surface area contributed by atoms with Crippen molar-refractivity contribution in [2.45, 2.75) is 10.1 Å². The first-order chi connectivity index (χ1) is 10.1. The van der Waals surface area contributed by atoms with Crippen LogP contribution in [0.15, 0.2) is 46.8 Å². The normalized spacial score (nSPS) is 10.9. The van der Waals surface area contributed by atoms with E-state index >= 15 is 0 Å². The molecule has 0 saturated heterocycles. The van der Waals surface area contributed by atoms with E-state index in [1.54, 1.807) is 12.1 Å². The Morgan fingerprint density at radius 1 is 1.29 bits per heavy atom. The number of fused-ring (bicyclic) bond motifs is 1. The SMILES string of the molecule is O=[N+]([O-])c1ccc2nc(SCc3cccc(F)c3)sc2c1. The maximum absolute atomic E-state index is 13.1. The number of nitro benzene ring substituents is 1. The molecule has 0 spiro atoms. The van der Waals surface area contributed by atoms with Crippen LogP contribution in [0.25, 0.3) is 10.2 Å². The van der Waals surface area contributed by atoms with Gasteiger partial charge in [-0.25, -0.2) is 9.37 Å². The van der Waals surface area contributed by atoms with E-state index in [-0.39, 0.29) is 11.5 Å². The van der Waals surface area contributed by atoms with Crippen molar-refractivity contribution in [1.29, 1.82) is 0 Å². The van der Waals surface area contributed by atoms with Gasteiger partial charge in [0, 0.05) is 17.9 Å². The Morgan fingerprint density at radius 3 is 2.90 bits per heavy atom. The summed E-state index contributed by atoms with van der Waals surface area (Å²) in [5.74, 6) is 0.354. The second-order valence-corrected chi connectivity index (χ2v) is 6.56. The van der Waals surface area contributed by atoms with Crippen LogP contribution in [-0.2, 0) is 5.75 Å². The maximum Gasteiger partial charge on any atom is 0.270 e. The highest BCUT2D eigenvalue weighted by Gasteiger charge is 2.10. The number of thiazole rings is 1. The third-order valence-electron chi connectivity index (χ3n) is 2.81. The molecule has 0 saturated carbocycles. The molecule has 0 unspecified atom stereocenters. The molecule has 0 aliphatic carbocycles. The third kappa shape index (κ3) is 3.20. The van der Waals surface area contributed by atoms with E-state index < -0.39 is 4.92 Å². The van der Waals surface area contributed by atoms with E-state index in [0.29, 0.717) is 5.75 Å². The van der Waals surface area contributed by atoms with Gasteiger partial charge in [-0.15, -0.1) is 11.3 Å². The van der Waals surface area contributed by atoms with Gasteiger partial charge >= 0.3 is 0 Å². The first-order valence-corrected chi connectivity index (χ1v) is 7.84. The summed E-state index contributed by atoms with van der Waals surface area (Å²) in [6.07, 6.45) is 0. The molecule has 0 N–H and O–H groups in total. The number of halogens is 1. The minimum atomic E-state index is -0.418. The molecule has 0 radical (unpaired) electrons. The average molecular weight is 320 g/mol. The van der Waals surface area contributed by atoms with Crippen molar-refractivity contribution < 1.29 is 9.31 Å². The molecular weight excluding hydrogens is 311 g/mol. The average Bonchev–Trinajstić information content (AvgIpc) is 2.87. The van der Waals surface area contributed by atoms with Crippen LogP contribution >= 0.6 is 23.1 Å². The maximum atomic E-state index is 13.1. The van der Waals surface area contributed by atoms with Crippen molar-refractivity contribution in [3.8, 4) is 0 Å². The van der Waals surface area contributed by atoms with Crippen molar-refractivity contribution in [1.82, 2.24) is 4.98 Å². The standard InChI is InChI=1S/C14H9FN2O2S2/c15-10-3-1-2-9(6-10)8-20-14-16-12-5-4-11(17(18)19)7-13(12)21-14/h1-7H,8H2. The Hall–Kier alpha value is -1.99. The minimum Gasteiger partial charge on any atom is -0.258 e. The van der Waals surface area contributed by atoms with Crippen LogP contribution in [0, 0.1) is 15.9 Å². The molecular formula is C14H9FN2O2S2. The molecule has 0 atom stereocenters. The minimum absolute atomic E-state index is 0.0628. The lowest BCUT2D eigenvalue weighted by Gasteiger charge is -1.98. The molecule has 0 bridgehead atoms. The zero-order chi connectivity index (χ0) is 14.8. The first kappa shape index (κ1) is 14.0. The number of hydrogen-bond acceptors (Lipinski definition) is 5. The van der Waals surface area contributed by atoms with Crippen LogP contribution in [0.4, 0.5) is 10.1 Å². The van der Waals surface area contributed by atoms with E-state index in [0.717, 1.165) is 20.1 Å². The van der Waals surface area contributed by atoms with Gasteiger partial charge in [-0.3, -0.25) is 10.1 Å². The molecule has 1 heterocycles. The van der Waals surface area contributed by atoms with Gasteiger partial charge in [-0.2, -0.15) is 0 Å². The lowest BCUT2D eigenvalue weighted by Crippen LogP contribution is -1.85. The van der Waals surface area contributed by atoms with Crippen LogP contribution in [-0.4, -0.2) is 9.91 Å². The summed E-state index contributed by atoms with van der Waals surface area (Å²) in [6.45, 7) is 0. The van der Waals surface area contributed by atoms with E-state index in [4.69, 9.17) is 0 Å². The van der Waals surface area contributed by atoms with Gasteiger partial charge < -0.3 is 0 Å². The molecule has 0 aliphatic rings. The Bertz CT molecular complexity index is 820.